The number of rotatable bonds is 6. The summed E-state index contributed by atoms with van der Waals surface area (Å²) in [5.41, 5.74) is 2.82. The number of pyridine rings is 3. The molecule has 4 aromatic rings. The molecule has 5 heterocycles. The van der Waals surface area contributed by atoms with Gasteiger partial charge in [-0.3, -0.25) is 9.97 Å². The number of nitrogens with zero attached hydrogens (tertiary/aromatic N) is 6. The molecule has 0 spiro atoms. The second-order valence-electron chi connectivity index (χ2n) is 9.95. The molecule has 0 amide bonds. The number of hydrogen-bond donors (Lipinski definition) is 1. The zero-order chi connectivity index (χ0) is 28.6. The minimum Gasteiger partial charge on any atom is -0.378 e. The third-order valence-electron chi connectivity index (χ3n) is 7.40. The van der Waals surface area contributed by atoms with Crippen molar-refractivity contribution in [1.29, 1.82) is 0 Å². The van der Waals surface area contributed by atoms with Gasteiger partial charge in [-0.1, -0.05) is 0 Å². The van der Waals surface area contributed by atoms with Crippen LogP contribution in [0.4, 0.5) is 31.7 Å². The first-order valence-electron chi connectivity index (χ1n) is 13.3. The van der Waals surface area contributed by atoms with Crippen LogP contribution in [0.5, 0.6) is 0 Å². The molecule has 0 bridgehead atoms. The highest BCUT2D eigenvalue weighted by molar-refractivity contribution is 7.89. The summed E-state index contributed by atoms with van der Waals surface area (Å²) in [5, 5.41) is 3.49. The van der Waals surface area contributed by atoms with Gasteiger partial charge < -0.3 is 19.9 Å². The van der Waals surface area contributed by atoms with E-state index in [4.69, 9.17) is 4.74 Å². The van der Waals surface area contributed by atoms with E-state index in [0.29, 0.717) is 49.1 Å². The Hall–Kier alpha value is -3.94. The van der Waals surface area contributed by atoms with Crippen LogP contribution >= 0.6 is 0 Å². The fourth-order valence-electron chi connectivity index (χ4n) is 5.28. The summed E-state index contributed by atoms with van der Waals surface area (Å²) in [6, 6.07) is 7.10. The number of piperazine rings is 1. The molecule has 0 unspecified atom stereocenters. The van der Waals surface area contributed by atoms with Crippen molar-refractivity contribution in [3.63, 3.8) is 0 Å². The van der Waals surface area contributed by atoms with Gasteiger partial charge in [0.05, 0.1) is 53.6 Å². The molecular weight excluding hydrogens is 552 g/mol. The Balaban J connectivity index is 1.33. The van der Waals surface area contributed by atoms with E-state index in [0.717, 1.165) is 24.8 Å². The first-order valence-corrected chi connectivity index (χ1v) is 14.7. The van der Waals surface area contributed by atoms with Gasteiger partial charge in [-0.15, -0.1) is 0 Å². The summed E-state index contributed by atoms with van der Waals surface area (Å²) in [5.74, 6) is -0.929. The summed E-state index contributed by atoms with van der Waals surface area (Å²) < 4.78 is 62.6. The summed E-state index contributed by atoms with van der Waals surface area (Å²) in [7, 11) is -3.69. The van der Waals surface area contributed by atoms with Crippen molar-refractivity contribution >= 4 is 43.8 Å². The minimum atomic E-state index is -3.69. The van der Waals surface area contributed by atoms with Gasteiger partial charge in [-0.25, -0.2) is 22.2 Å². The van der Waals surface area contributed by atoms with Crippen LogP contribution in [0.3, 0.4) is 0 Å². The number of morpholine rings is 1. The maximum atomic E-state index is 15.2. The third kappa shape index (κ3) is 5.39. The van der Waals surface area contributed by atoms with Gasteiger partial charge in [0, 0.05) is 69.4 Å². The van der Waals surface area contributed by atoms with Gasteiger partial charge in [0.15, 0.2) is 0 Å². The molecule has 41 heavy (non-hydrogen) atoms. The van der Waals surface area contributed by atoms with Crippen molar-refractivity contribution in [2.24, 2.45) is 0 Å². The highest BCUT2D eigenvalue weighted by atomic mass is 32.2. The highest BCUT2D eigenvalue weighted by Crippen LogP contribution is 2.37. The Bertz CT molecular complexity index is 1680. The van der Waals surface area contributed by atoms with Gasteiger partial charge >= 0.3 is 0 Å². The van der Waals surface area contributed by atoms with Gasteiger partial charge in [-0.05, 0) is 25.1 Å². The number of ether oxygens (including phenoxy) is 1. The molecule has 3 aromatic heterocycles. The summed E-state index contributed by atoms with van der Waals surface area (Å²) in [4.78, 5) is 17.2. The third-order valence-corrected chi connectivity index (χ3v) is 9.28. The number of sulfonamides is 1. The topological polar surface area (TPSA) is 104 Å². The number of halogens is 2. The molecule has 0 radical (unpaired) electrons. The van der Waals surface area contributed by atoms with Gasteiger partial charge in [-0.2, -0.15) is 4.31 Å². The number of nitrogens with one attached hydrogen (secondary N) is 1. The van der Waals surface area contributed by atoms with Crippen molar-refractivity contribution in [3.05, 3.63) is 72.3 Å². The summed E-state index contributed by atoms with van der Waals surface area (Å²) in [6.45, 7) is 5.71. The molecular formula is C28H29F2N7O3S. The number of benzene rings is 1. The molecule has 0 atom stereocenters. The number of fused-ring (bicyclic) bond motifs is 1. The maximum absolute atomic E-state index is 15.2. The molecule has 2 saturated heterocycles. The van der Waals surface area contributed by atoms with Crippen LogP contribution in [-0.2, 0) is 14.8 Å². The normalized spacial score (nSPS) is 16.8. The summed E-state index contributed by atoms with van der Waals surface area (Å²) >= 11 is 0. The molecule has 2 aliphatic heterocycles. The van der Waals surface area contributed by atoms with E-state index in [1.54, 1.807) is 18.5 Å². The van der Waals surface area contributed by atoms with Crippen LogP contribution in [0.15, 0.2) is 60.0 Å². The largest absolute Gasteiger partial charge is 0.378 e. The first-order chi connectivity index (χ1) is 19.8. The van der Waals surface area contributed by atoms with E-state index < -0.39 is 21.7 Å². The Morgan fingerprint density at radius 2 is 1.71 bits per heavy atom. The Labute approximate surface area is 236 Å². The number of aromatic nitrogens is 3. The fourth-order valence-corrected chi connectivity index (χ4v) is 6.67. The molecule has 6 rings (SSSR count). The van der Waals surface area contributed by atoms with E-state index in [-0.39, 0.29) is 28.9 Å². The zero-order valence-corrected chi connectivity index (χ0v) is 23.2. The lowest BCUT2D eigenvalue weighted by molar-refractivity contribution is 0.122. The van der Waals surface area contributed by atoms with E-state index in [1.807, 2.05) is 17.9 Å². The van der Waals surface area contributed by atoms with E-state index in [2.05, 4.69) is 25.2 Å². The van der Waals surface area contributed by atoms with Crippen LogP contribution in [-0.4, -0.2) is 80.2 Å². The van der Waals surface area contributed by atoms with Crippen LogP contribution in [0.25, 0.3) is 10.9 Å². The molecule has 2 aliphatic rings. The molecule has 214 valence electrons. The van der Waals surface area contributed by atoms with Crippen LogP contribution in [0, 0.1) is 18.6 Å². The molecule has 0 aliphatic carbocycles. The monoisotopic (exact) mass is 581 g/mol. The second-order valence-corrected chi connectivity index (χ2v) is 11.9. The predicted molar refractivity (Wildman–Crippen MR) is 152 cm³/mol. The molecule has 13 heteroatoms. The number of hydrogen-bond acceptors (Lipinski definition) is 9. The Morgan fingerprint density at radius 3 is 2.44 bits per heavy atom. The molecule has 1 N–H and O–H groups in total. The van der Waals surface area contributed by atoms with Crippen LogP contribution < -0.4 is 15.1 Å². The smallest absolute Gasteiger partial charge is 0.244 e. The van der Waals surface area contributed by atoms with Gasteiger partial charge in [0.25, 0.3) is 0 Å². The lowest BCUT2D eigenvalue weighted by atomic mass is 10.1. The Kier molecular flexibility index (Phi) is 7.41. The predicted octanol–water partition coefficient (Wildman–Crippen LogP) is 3.70. The average Bonchev–Trinajstić information content (AvgIpc) is 2.99. The zero-order valence-electron chi connectivity index (χ0n) is 22.4. The van der Waals surface area contributed by atoms with E-state index >= 15 is 4.39 Å². The Morgan fingerprint density at radius 1 is 0.927 bits per heavy atom. The van der Waals surface area contributed by atoms with Crippen LogP contribution in [0.2, 0.25) is 0 Å². The van der Waals surface area contributed by atoms with Crippen molar-refractivity contribution < 1.29 is 21.9 Å². The van der Waals surface area contributed by atoms with Crippen molar-refractivity contribution in [2.75, 3.05) is 67.6 Å². The number of anilines is 4. The quantitative estimate of drug-likeness (QED) is 0.365. The van der Waals surface area contributed by atoms with Gasteiger partial charge in [0.1, 0.15) is 22.3 Å². The average molecular weight is 582 g/mol. The lowest BCUT2D eigenvalue weighted by Crippen LogP contribution is -2.49. The minimum absolute atomic E-state index is 0.138. The van der Waals surface area contributed by atoms with E-state index in [1.165, 1.54) is 28.8 Å². The maximum Gasteiger partial charge on any atom is 0.244 e. The first kappa shape index (κ1) is 27.2. The van der Waals surface area contributed by atoms with E-state index in [9.17, 15) is 12.8 Å². The second kappa shape index (κ2) is 11.1. The molecule has 2 fully saturated rings. The van der Waals surface area contributed by atoms with Gasteiger partial charge in [0.2, 0.25) is 10.0 Å². The molecule has 1 aromatic carbocycles. The highest BCUT2D eigenvalue weighted by Gasteiger charge is 2.30. The van der Waals surface area contributed by atoms with Crippen molar-refractivity contribution in [2.45, 2.75) is 11.8 Å². The standard InChI is InChI=1S/C28H29F2N7O3S/c1-19-27(33-21-15-22(17-32-16-21)35-9-11-40-12-10-35)26-24(30)13-20(29)14-25(26)34-28(19)36-5-7-37(8-6-36)41(38,39)23-3-2-4-31-18-23/h2-4,13-18H,5-12H2,1H3,(H,33,34). The van der Waals surface area contributed by atoms with Crippen molar-refractivity contribution in [1.82, 2.24) is 19.3 Å². The lowest BCUT2D eigenvalue weighted by Gasteiger charge is -2.35. The summed E-state index contributed by atoms with van der Waals surface area (Å²) in [6.07, 6.45) is 6.28. The SMILES string of the molecule is Cc1c(N2CCN(S(=O)(=O)c3cccnc3)CC2)nc2cc(F)cc(F)c2c1Nc1cncc(N2CCOCC2)c1. The molecule has 10 nitrogen and oxygen atoms in total. The fraction of sp³-hybridized carbons (Fsp3) is 0.321. The van der Waals surface area contributed by atoms with Crippen LogP contribution in [0.1, 0.15) is 5.56 Å². The molecule has 0 saturated carbocycles. The van der Waals surface area contributed by atoms with Crippen molar-refractivity contribution in [3.8, 4) is 0 Å².